The zero-order chi connectivity index (χ0) is 20.8. The van der Waals surface area contributed by atoms with Crippen LogP contribution in [0.5, 0.6) is 5.75 Å². The smallest absolute Gasteiger partial charge is 0.226 e. The molecule has 4 rings (SSSR count). The summed E-state index contributed by atoms with van der Waals surface area (Å²) >= 11 is 0. The van der Waals surface area contributed by atoms with Crippen LogP contribution in [0.15, 0.2) is 34.9 Å². The monoisotopic (exact) mass is 411 g/mol. The van der Waals surface area contributed by atoms with Gasteiger partial charge in [0.15, 0.2) is 0 Å². The summed E-state index contributed by atoms with van der Waals surface area (Å²) in [5, 5.41) is 0. The van der Waals surface area contributed by atoms with Crippen molar-refractivity contribution in [3.63, 3.8) is 0 Å². The van der Waals surface area contributed by atoms with E-state index in [0.29, 0.717) is 11.9 Å². The van der Waals surface area contributed by atoms with Crippen molar-refractivity contribution in [1.82, 2.24) is 14.8 Å². The number of unbranched alkanes of at least 4 members (excludes halogenated alkanes) is 1. The molecule has 0 saturated carbocycles. The van der Waals surface area contributed by atoms with E-state index in [9.17, 15) is 0 Å². The molecule has 5 heteroatoms. The molecule has 1 aromatic heterocycles. The number of hydrogen-bond donors (Lipinski definition) is 0. The van der Waals surface area contributed by atoms with E-state index in [-0.39, 0.29) is 0 Å². The Morgan fingerprint density at radius 2 is 1.73 bits per heavy atom. The molecule has 2 fully saturated rings. The molecule has 0 aliphatic carbocycles. The van der Waals surface area contributed by atoms with Crippen LogP contribution in [0.4, 0.5) is 0 Å². The number of piperidine rings is 1. The molecular weight excluding hydrogens is 374 g/mol. The topological polar surface area (TPSA) is 41.7 Å². The number of rotatable bonds is 9. The SMILES string of the molecule is CC1CCCCN1CCCCOc1ccc(-c2nc(CN3CCCC3C)co2)cc1. The van der Waals surface area contributed by atoms with E-state index < -0.39 is 0 Å². The predicted molar refractivity (Wildman–Crippen MR) is 121 cm³/mol. The Balaban J connectivity index is 1.19. The fraction of sp³-hybridized carbons (Fsp3) is 0.640. The van der Waals surface area contributed by atoms with E-state index in [4.69, 9.17) is 14.1 Å². The van der Waals surface area contributed by atoms with Crippen molar-refractivity contribution in [3.8, 4) is 17.2 Å². The molecule has 0 spiro atoms. The highest BCUT2D eigenvalue weighted by molar-refractivity contribution is 5.54. The van der Waals surface area contributed by atoms with Gasteiger partial charge in [0.25, 0.3) is 0 Å². The minimum atomic E-state index is 0.643. The summed E-state index contributed by atoms with van der Waals surface area (Å²) in [5.41, 5.74) is 2.02. The van der Waals surface area contributed by atoms with Gasteiger partial charge in [-0.3, -0.25) is 4.90 Å². The number of likely N-dealkylation sites (tertiary alicyclic amines) is 2. The second-order valence-corrected chi connectivity index (χ2v) is 9.07. The van der Waals surface area contributed by atoms with Gasteiger partial charge in [-0.15, -0.1) is 0 Å². The average Bonchev–Trinajstić information content (AvgIpc) is 3.39. The molecule has 0 bridgehead atoms. The summed E-state index contributed by atoms with van der Waals surface area (Å²) in [6.07, 6.45) is 10.8. The first kappa shape index (κ1) is 21.4. The van der Waals surface area contributed by atoms with Gasteiger partial charge in [0, 0.05) is 24.2 Å². The van der Waals surface area contributed by atoms with Gasteiger partial charge in [0.1, 0.15) is 12.0 Å². The number of hydrogen-bond acceptors (Lipinski definition) is 5. The molecule has 164 valence electrons. The summed E-state index contributed by atoms with van der Waals surface area (Å²) in [7, 11) is 0. The number of ether oxygens (including phenoxy) is 1. The predicted octanol–water partition coefficient (Wildman–Crippen LogP) is 5.36. The highest BCUT2D eigenvalue weighted by Gasteiger charge is 2.21. The molecule has 2 aliphatic rings. The Hall–Kier alpha value is -1.85. The number of oxazole rings is 1. The Bertz CT molecular complexity index is 773. The van der Waals surface area contributed by atoms with Crippen molar-refractivity contribution >= 4 is 0 Å². The average molecular weight is 412 g/mol. The lowest BCUT2D eigenvalue weighted by Gasteiger charge is -2.33. The van der Waals surface area contributed by atoms with E-state index in [1.54, 1.807) is 6.26 Å². The second-order valence-electron chi connectivity index (χ2n) is 9.07. The number of aromatic nitrogens is 1. The van der Waals surface area contributed by atoms with Crippen molar-refractivity contribution in [2.45, 2.75) is 77.4 Å². The molecule has 2 atom stereocenters. The van der Waals surface area contributed by atoms with Crippen LogP contribution in [-0.4, -0.2) is 53.1 Å². The first-order valence-electron chi connectivity index (χ1n) is 11.8. The first-order chi connectivity index (χ1) is 14.7. The molecule has 3 heterocycles. The van der Waals surface area contributed by atoms with Crippen LogP contribution in [0.2, 0.25) is 0 Å². The summed E-state index contributed by atoms with van der Waals surface area (Å²) in [4.78, 5) is 9.80. The van der Waals surface area contributed by atoms with Gasteiger partial charge in [0.2, 0.25) is 5.89 Å². The molecule has 0 N–H and O–H groups in total. The number of nitrogens with zero attached hydrogens (tertiary/aromatic N) is 3. The Kier molecular flexibility index (Phi) is 7.45. The van der Waals surface area contributed by atoms with Crippen molar-refractivity contribution < 1.29 is 9.15 Å². The fourth-order valence-electron chi connectivity index (χ4n) is 4.74. The van der Waals surface area contributed by atoms with Crippen molar-refractivity contribution in [2.24, 2.45) is 0 Å². The highest BCUT2D eigenvalue weighted by Crippen LogP contribution is 2.24. The Morgan fingerprint density at radius 3 is 2.50 bits per heavy atom. The third kappa shape index (κ3) is 5.64. The zero-order valence-corrected chi connectivity index (χ0v) is 18.7. The van der Waals surface area contributed by atoms with Crippen molar-refractivity contribution in [2.75, 3.05) is 26.2 Å². The molecule has 2 aromatic rings. The summed E-state index contributed by atoms with van der Waals surface area (Å²) in [5.74, 6) is 1.61. The maximum atomic E-state index is 5.94. The molecule has 2 saturated heterocycles. The second kappa shape index (κ2) is 10.5. The summed E-state index contributed by atoms with van der Waals surface area (Å²) < 4.78 is 11.7. The normalized spacial score (nSPS) is 23.1. The highest BCUT2D eigenvalue weighted by atomic mass is 16.5. The van der Waals surface area contributed by atoms with Crippen LogP contribution in [0, 0.1) is 0 Å². The van der Waals surface area contributed by atoms with Crippen LogP contribution in [0.1, 0.15) is 64.5 Å². The standard InChI is InChI=1S/C25H37N3O2/c1-20-8-3-4-14-27(20)15-5-6-17-29-24-12-10-22(11-13-24)25-26-23(19-30-25)18-28-16-7-9-21(28)2/h10-13,19-21H,3-9,14-18H2,1-2H3. The molecule has 0 amide bonds. The van der Waals surface area contributed by atoms with Crippen LogP contribution >= 0.6 is 0 Å². The lowest BCUT2D eigenvalue weighted by Crippen LogP contribution is -2.38. The Labute approximate surface area is 181 Å². The molecule has 0 radical (unpaired) electrons. The van der Waals surface area contributed by atoms with Gasteiger partial charge in [-0.25, -0.2) is 4.98 Å². The van der Waals surface area contributed by atoms with Crippen molar-refractivity contribution in [1.29, 1.82) is 0 Å². The first-order valence-corrected chi connectivity index (χ1v) is 11.8. The third-order valence-electron chi connectivity index (χ3n) is 6.76. The van der Waals surface area contributed by atoms with E-state index in [1.165, 1.54) is 51.6 Å². The third-order valence-corrected chi connectivity index (χ3v) is 6.76. The molecule has 1 aromatic carbocycles. The van der Waals surface area contributed by atoms with Crippen LogP contribution in [0.3, 0.4) is 0 Å². The van der Waals surface area contributed by atoms with Gasteiger partial charge in [0.05, 0.1) is 12.3 Å². The molecule has 5 nitrogen and oxygen atoms in total. The maximum Gasteiger partial charge on any atom is 0.226 e. The van der Waals surface area contributed by atoms with E-state index in [0.717, 1.165) is 49.2 Å². The van der Waals surface area contributed by atoms with Gasteiger partial charge < -0.3 is 14.1 Å². The van der Waals surface area contributed by atoms with Crippen molar-refractivity contribution in [3.05, 3.63) is 36.2 Å². The molecule has 2 aliphatic heterocycles. The van der Waals surface area contributed by atoms with E-state index in [2.05, 4.69) is 23.6 Å². The van der Waals surface area contributed by atoms with Gasteiger partial charge in [-0.1, -0.05) is 6.42 Å². The van der Waals surface area contributed by atoms with Gasteiger partial charge in [-0.05, 0) is 96.3 Å². The largest absolute Gasteiger partial charge is 0.494 e. The summed E-state index contributed by atoms with van der Waals surface area (Å²) in [6.45, 7) is 9.93. The van der Waals surface area contributed by atoms with Crippen LogP contribution < -0.4 is 4.74 Å². The zero-order valence-electron chi connectivity index (χ0n) is 18.7. The molecular formula is C25H37N3O2. The lowest BCUT2D eigenvalue weighted by atomic mass is 10.0. The minimum absolute atomic E-state index is 0.643. The fourth-order valence-corrected chi connectivity index (χ4v) is 4.74. The van der Waals surface area contributed by atoms with Gasteiger partial charge >= 0.3 is 0 Å². The Morgan fingerprint density at radius 1 is 0.967 bits per heavy atom. The summed E-state index contributed by atoms with van der Waals surface area (Å²) in [6, 6.07) is 9.52. The molecule has 2 unspecified atom stereocenters. The van der Waals surface area contributed by atoms with Crippen LogP contribution in [0.25, 0.3) is 11.5 Å². The quantitative estimate of drug-likeness (QED) is 0.520. The van der Waals surface area contributed by atoms with Gasteiger partial charge in [-0.2, -0.15) is 0 Å². The van der Waals surface area contributed by atoms with Crippen LogP contribution in [-0.2, 0) is 6.54 Å². The number of benzene rings is 1. The minimum Gasteiger partial charge on any atom is -0.494 e. The maximum absolute atomic E-state index is 5.94. The molecule has 30 heavy (non-hydrogen) atoms. The van der Waals surface area contributed by atoms with E-state index in [1.807, 2.05) is 24.3 Å². The lowest BCUT2D eigenvalue weighted by molar-refractivity contribution is 0.154. The van der Waals surface area contributed by atoms with E-state index >= 15 is 0 Å².